The molecule has 0 bridgehead atoms. The van der Waals surface area contributed by atoms with Gasteiger partial charge in [-0.1, -0.05) is 50.7 Å². The molecule has 0 radical (unpaired) electrons. The molecule has 2 N–H and O–H groups in total. The van der Waals surface area contributed by atoms with Crippen molar-refractivity contribution in [3.05, 3.63) is 42.5 Å². The van der Waals surface area contributed by atoms with Crippen LogP contribution in [0.1, 0.15) is 20.8 Å². The maximum atomic E-state index is 12.4. The van der Waals surface area contributed by atoms with Crippen LogP contribution in [-0.2, 0) is 14.8 Å². The Hall–Kier alpha value is -1.94. The van der Waals surface area contributed by atoms with Crippen LogP contribution in [0.2, 0.25) is 0 Å². The minimum Gasteiger partial charge on any atom is -0.480 e. The number of thioether (sulfide) groups is 1. The maximum absolute atomic E-state index is 12.4. The number of carboxylic acid groups (broad SMARTS) is 1. The molecule has 2 aliphatic rings. The van der Waals surface area contributed by atoms with E-state index in [-0.39, 0.29) is 10.8 Å². The smallest absolute Gasteiger partial charge is 0.322 e. The molecule has 0 aliphatic heterocycles. The molecule has 1 heterocycles. The van der Waals surface area contributed by atoms with Gasteiger partial charge < -0.3 is 5.11 Å². The molecule has 29 heavy (non-hydrogen) atoms. The molecule has 2 aromatic rings. The van der Waals surface area contributed by atoms with Crippen molar-refractivity contribution in [3.8, 4) is 11.1 Å². The summed E-state index contributed by atoms with van der Waals surface area (Å²) in [7, 11) is -3.90. The number of rotatable bonds is 7. The first-order chi connectivity index (χ1) is 13.7. The highest BCUT2D eigenvalue weighted by atomic mass is 32.2. The highest BCUT2D eigenvalue weighted by Crippen LogP contribution is 2.33. The van der Waals surface area contributed by atoms with Gasteiger partial charge in [-0.15, -0.1) is 11.3 Å². The molecule has 0 unspecified atom stereocenters. The van der Waals surface area contributed by atoms with E-state index in [1.54, 1.807) is 31.7 Å². The number of nitrogens with one attached hydrogen (secondary N) is 1. The molecule has 9 heteroatoms. The molecular weight excluding hydrogens is 428 g/mol. The molecule has 1 aromatic heterocycles. The van der Waals surface area contributed by atoms with Gasteiger partial charge in [0.25, 0.3) is 0 Å². The molecular formula is C20H22N2O4S3. The van der Waals surface area contributed by atoms with E-state index in [1.807, 2.05) is 6.92 Å². The highest BCUT2D eigenvalue weighted by molar-refractivity contribution is 8.01. The van der Waals surface area contributed by atoms with Crippen LogP contribution >= 0.6 is 23.1 Å². The molecule has 4 rings (SSSR count). The lowest BCUT2D eigenvalue weighted by Gasteiger charge is -2.17. The van der Waals surface area contributed by atoms with Crippen molar-refractivity contribution in [2.45, 2.75) is 36.0 Å². The van der Waals surface area contributed by atoms with Gasteiger partial charge >= 0.3 is 5.97 Å². The second-order valence-electron chi connectivity index (χ2n) is 6.80. The van der Waals surface area contributed by atoms with Crippen molar-refractivity contribution in [2.75, 3.05) is 5.75 Å². The summed E-state index contributed by atoms with van der Waals surface area (Å²) in [5, 5.41) is 9.15. The van der Waals surface area contributed by atoms with Crippen molar-refractivity contribution in [2.24, 2.45) is 5.92 Å². The van der Waals surface area contributed by atoms with Gasteiger partial charge in [-0.25, -0.2) is 13.4 Å². The van der Waals surface area contributed by atoms with Gasteiger partial charge in [-0.2, -0.15) is 4.72 Å². The van der Waals surface area contributed by atoms with Crippen molar-refractivity contribution in [1.82, 2.24) is 9.71 Å². The SMILES string of the molecule is CCSc1nc2ccc(S(=O)(=O)N[C@@H](C(=O)O)C(C)C)cc2s1.c1cc2cc-2c1. The van der Waals surface area contributed by atoms with E-state index in [9.17, 15) is 13.2 Å². The Labute approximate surface area is 178 Å². The third-order valence-electron chi connectivity index (χ3n) is 4.25. The standard InChI is InChI=1S/C14H18N2O4S3.C6H4/c1-4-21-14-15-10-6-5-9(7-11(10)22-14)23(19,20)16-12(8(2)3)13(17)18;1-2-5-4-6(5)3-1/h5-8,12,16H,4H2,1-3H3,(H,17,18);1-4H/t12-;/m1./s1. The first-order valence-electron chi connectivity index (χ1n) is 9.10. The summed E-state index contributed by atoms with van der Waals surface area (Å²) >= 11 is 3.02. The maximum Gasteiger partial charge on any atom is 0.322 e. The molecule has 0 spiro atoms. The van der Waals surface area contributed by atoms with Crippen LogP contribution in [0.4, 0.5) is 0 Å². The van der Waals surface area contributed by atoms with E-state index in [4.69, 9.17) is 5.11 Å². The predicted octanol–water partition coefficient (Wildman–Crippen LogP) is 4.46. The Balaban J connectivity index is 0.000000334. The van der Waals surface area contributed by atoms with Gasteiger partial charge in [-0.3, -0.25) is 4.79 Å². The van der Waals surface area contributed by atoms with Crippen molar-refractivity contribution >= 4 is 49.3 Å². The molecule has 0 saturated heterocycles. The third kappa shape index (κ3) is 5.36. The molecule has 2 aliphatic carbocycles. The second kappa shape index (κ2) is 8.83. The largest absolute Gasteiger partial charge is 0.480 e. The fourth-order valence-electron chi connectivity index (χ4n) is 2.62. The lowest BCUT2D eigenvalue weighted by molar-refractivity contribution is -0.140. The summed E-state index contributed by atoms with van der Waals surface area (Å²) < 4.78 is 28.8. The van der Waals surface area contributed by atoms with Crippen LogP contribution < -0.4 is 4.72 Å². The molecule has 0 saturated carbocycles. The number of aliphatic carboxylic acids is 1. The van der Waals surface area contributed by atoms with Crippen LogP contribution in [0.25, 0.3) is 21.3 Å². The number of hydrogen-bond donors (Lipinski definition) is 2. The number of nitrogens with zero attached hydrogens (tertiary/aromatic N) is 1. The van der Waals surface area contributed by atoms with E-state index in [2.05, 4.69) is 34.0 Å². The van der Waals surface area contributed by atoms with Crippen molar-refractivity contribution in [1.29, 1.82) is 0 Å². The van der Waals surface area contributed by atoms with Gasteiger partial charge in [0, 0.05) is 0 Å². The van der Waals surface area contributed by atoms with Crippen LogP contribution in [0.5, 0.6) is 0 Å². The quantitative estimate of drug-likeness (QED) is 0.404. The molecule has 154 valence electrons. The van der Waals surface area contributed by atoms with Gasteiger partial charge in [-0.05, 0) is 47.1 Å². The minimum absolute atomic E-state index is 0.0496. The Kier molecular flexibility index (Phi) is 6.62. The van der Waals surface area contributed by atoms with E-state index in [1.165, 1.54) is 34.6 Å². The molecule has 0 amide bonds. The normalized spacial score (nSPS) is 13.1. The van der Waals surface area contributed by atoms with E-state index >= 15 is 0 Å². The number of benzene rings is 2. The molecule has 1 atom stereocenters. The topological polar surface area (TPSA) is 96.4 Å². The number of sulfonamides is 1. The fourth-order valence-corrected chi connectivity index (χ4v) is 6.06. The van der Waals surface area contributed by atoms with Gasteiger partial charge in [0.2, 0.25) is 10.0 Å². The molecule has 1 aromatic carbocycles. The Morgan fingerprint density at radius 3 is 2.38 bits per heavy atom. The third-order valence-corrected chi connectivity index (χ3v) is 7.73. The van der Waals surface area contributed by atoms with Crippen molar-refractivity contribution < 1.29 is 18.3 Å². The van der Waals surface area contributed by atoms with E-state index in [0.717, 1.165) is 20.3 Å². The molecule has 6 nitrogen and oxygen atoms in total. The van der Waals surface area contributed by atoms with E-state index in [0.29, 0.717) is 0 Å². The van der Waals surface area contributed by atoms with Gasteiger partial charge in [0.05, 0.1) is 15.1 Å². The van der Waals surface area contributed by atoms with Crippen LogP contribution in [-0.4, -0.2) is 36.3 Å². The summed E-state index contributed by atoms with van der Waals surface area (Å²) in [5.74, 6) is -0.660. The summed E-state index contributed by atoms with van der Waals surface area (Å²) in [6.45, 7) is 5.33. The summed E-state index contributed by atoms with van der Waals surface area (Å²) in [6, 6.07) is 11.9. The summed E-state index contributed by atoms with van der Waals surface area (Å²) in [5.41, 5.74) is 3.59. The minimum atomic E-state index is -3.90. The number of hydrogen-bond acceptors (Lipinski definition) is 6. The van der Waals surface area contributed by atoms with Crippen LogP contribution in [0, 0.1) is 5.92 Å². The highest BCUT2D eigenvalue weighted by Gasteiger charge is 2.28. The zero-order valence-electron chi connectivity index (χ0n) is 16.2. The summed E-state index contributed by atoms with van der Waals surface area (Å²) in [4.78, 5) is 15.7. The van der Waals surface area contributed by atoms with Crippen LogP contribution in [0.3, 0.4) is 0 Å². The number of carbonyl (C=O) groups is 1. The number of aromatic nitrogens is 1. The Morgan fingerprint density at radius 1 is 1.21 bits per heavy atom. The summed E-state index contributed by atoms with van der Waals surface area (Å²) in [6.07, 6.45) is 0. The predicted molar refractivity (Wildman–Crippen MR) is 118 cm³/mol. The molecule has 0 fully saturated rings. The Morgan fingerprint density at radius 2 is 1.90 bits per heavy atom. The Bertz CT molecular complexity index is 1120. The lowest BCUT2D eigenvalue weighted by Crippen LogP contribution is -2.44. The zero-order valence-corrected chi connectivity index (χ0v) is 18.7. The van der Waals surface area contributed by atoms with Crippen LogP contribution in [0.15, 0.2) is 51.7 Å². The fraction of sp³-hybridized carbons (Fsp3) is 0.300. The van der Waals surface area contributed by atoms with Crippen molar-refractivity contribution in [3.63, 3.8) is 0 Å². The van der Waals surface area contributed by atoms with Gasteiger partial charge in [0.1, 0.15) is 6.04 Å². The number of fused-ring (bicyclic) bond motifs is 2. The monoisotopic (exact) mass is 450 g/mol. The average Bonchev–Trinajstić information content (AvgIpc) is 3.06. The first-order valence-corrected chi connectivity index (χ1v) is 12.4. The van der Waals surface area contributed by atoms with E-state index < -0.39 is 22.0 Å². The zero-order chi connectivity index (χ0) is 21.2. The number of thiazole rings is 1. The second-order valence-corrected chi connectivity index (χ2v) is 11.1. The first kappa shape index (κ1) is 21.8. The van der Waals surface area contributed by atoms with Gasteiger partial charge in [0.15, 0.2) is 4.34 Å². The number of carboxylic acids is 1. The average molecular weight is 451 g/mol. The lowest BCUT2D eigenvalue weighted by atomic mass is 10.1.